The second kappa shape index (κ2) is 7.27. The average molecular weight is 374 g/mol. The zero-order valence-electron chi connectivity index (χ0n) is 15.4. The number of hydrogen-bond acceptors (Lipinski definition) is 2. The van der Waals surface area contributed by atoms with Crippen molar-refractivity contribution < 1.29 is 14.0 Å². The molecule has 1 heterocycles. The van der Waals surface area contributed by atoms with Gasteiger partial charge in [0.2, 0.25) is 5.91 Å². The van der Waals surface area contributed by atoms with Gasteiger partial charge in [-0.05, 0) is 42.8 Å². The molecule has 0 unspecified atom stereocenters. The van der Waals surface area contributed by atoms with Gasteiger partial charge in [0, 0.05) is 16.8 Å². The first-order chi connectivity index (χ1) is 13.5. The van der Waals surface area contributed by atoms with E-state index in [1.165, 1.54) is 17.0 Å². The fourth-order valence-electron chi connectivity index (χ4n) is 3.61. The number of fused-ring (bicyclic) bond motifs is 1. The largest absolute Gasteiger partial charge is 0.324 e. The maximum Gasteiger partial charge on any atom is 0.255 e. The van der Waals surface area contributed by atoms with Gasteiger partial charge in [-0.1, -0.05) is 48.0 Å². The van der Waals surface area contributed by atoms with Crippen LogP contribution in [0.1, 0.15) is 33.1 Å². The van der Waals surface area contributed by atoms with Crippen molar-refractivity contribution in [2.24, 2.45) is 0 Å². The highest BCUT2D eigenvalue weighted by Gasteiger charge is 2.34. The molecule has 1 atom stereocenters. The predicted molar refractivity (Wildman–Crippen MR) is 106 cm³/mol. The summed E-state index contributed by atoms with van der Waals surface area (Å²) >= 11 is 0. The van der Waals surface area contributed by atoms with Gasteiger partial charge < -0.3 is 10.2 Å². The Labute approximate surface area is 162 Å². The molecule has 2 amide bonds. The fourth-order valence-corrected chi connectivity index (χ4v) is 3.61. The number of nitrogens with zero attached hydrogens (tertiary/aromatic N) is 1. The Morgan fingerprint density at radius 3 is 2.57 bits per heavy atom. The SMILES string of the molecule is Cc1cccc(C(=O)N2CC(=O)Nc3ccc(F)cc3[C@H]2c2ccccc2)c1. The summed E-state index contributed by atoms with van der Waals surface area (Å²) in [6, 6.07) is 20.3. The summed E-state index contributed by atoms with van der Waals surface area (Å²) in [4.78, 5) is 27.4. The molecule has 0 saturated heterocycles. The van der Waals surface area contributed by atoms with E-state index in [4.69, 9.17) is 0 Å². The molecule has 4 nitrogen and oxygen atoms in total. The van der Waals surface area contributed by atoms with Crippen molar-refractivity contribution in [3.8, 4) is 0 Å². The molecule has 0 bridgehead atoms. The lowest BCUT2D eigenvalue weighted by molar-refractivity contribution is -0.117. The monoisotopic (exact) mass is 374 g/mol. The van der Waals surface area contributed by atoms with E-state index in [0.717, 1.165) is 11.1 Å². The van der Waals surface area contributed by atoms with Gasteiger partial charge in [-0.25, -0.2) is 4.39 Å². The molecule has 5 heteroatoms. The Balaban J connectivity index is 1.89. The summed E-state index contributed by atoms with van der Waals surface area (Å²) in [5, 5.41) is 2.80. The maximum atomic E-state index is 14.1. The second-order valence-electron chi connectivity index (χ2n) is 6.90. The quantitative estimate of drug-likeness (QED) is 0.726. The van der Waals surface area contributed by atoms with E-state index < -0.39 is 11.9 Å². The molecule has 0 radical (unpaired) electrons. The minimum Gasteiger partial charge on any atom is -0.324 e. The summed E-state index contributed by atoms with van der Waals surface area (Å²) in [5.74, 6) is -1.00. The number of carbonyl (C=O) groups excluding carboxylic acids is 2. The van der Waals surface area contributed by atoms with E-state index >= 15 is 0 Å². The number of nitrogens with one attached hydrogen (secondary N) is 1. The molecular formula is C23H19FN2O2. The lowest BCUT2D eigenvalue weighted by Gasteiger charge is -2.30. The van der Waals surface area contributed by atoms with Crippen LogP contribution in [0.5, 0.6) is 0 Å². The normalized spacial score (nSPS) is 16.1. The van der Waals surface area contributed by atoms with Gasteiger partial charge in [0.25, 0.3) is 5.91 Å². The van der Waals surface area contributed by atoms with Crippen molar-refractivity contribution in [2.75, 3.05) is 11.9 Å². The Hall–Kier alpha value is -3.47. The van der Waals surface area contributed by atoms with Crippen LogP contribution in [0.4, 0.5) is 10.1 Å². The summed E-state index contributed by atoms with van der Waals surface area (Å²) in [7, 11) is 0. The molecule has 0 fully saturated rings. The highest BCUT2D eigenvalue weighted by atomic mass is 19.1. The Bertz CT molecular complexity index is 1050. The highest BCUT2D eigenvalue weighted by molar-refractivity contribution is 6.01. The first kappa shape index (κ1) is 17.9. The predicted octanol–water partition coefficient (Wildman–Crippen LogP) is 4.32. The molecular weight excluding hydrogens is 355 g/mol. The number of benzene rings is 3. The third kappa shape index (κ3) is 3.39. The second-order valence-corrected chi connectivity index (χ2v) is 6.90. The van der Waals surface area contributed by atoms with Crippen molar-refractivity contribution >= 4 is 17.5 Å². The summed E-state index contributed by atoms with van der Waals surface area (Å²) in [6.45, 7) is 1.79. The number of carbonyl (C=O) groups is 2. The van der Waals surface area contributed by atoms with Crippen LogP contribution in [0.2, 0.25) is 0 Å². The van der Waals surface area contributed by atoms with Crippen molar-refractivity contribution in [1.29, 1.82) is 0 Å². The zero-order valence-corrected chi connectivity index (χ0v) is 15.4. The maximum absolute atomic E-state index is 14.1. The van der Waals surface area contributed by atoms with E-state index in [1.54, 1.807) is 18.2 Å². The van der Waals surface area contributed by atoms with Crippen LogP contribution in [-0.2, 0) is 4.79 Å². The van der Waals surface area contributed by atoms with Gasteiger partial charge >= 0.3 is 0 Å². The zero-order chi connectivity index (χ0) is 19.7. The molecule has 0 aromatic heterocycles. The lowest BCUT2D eigenvalue weighted by Crippen LogP contribution is -2.39. The van der Waals surface area contributed by atoms with Crippen molar-refractivity contribution in [3.05, 3.63) is 101 Å². The molecule has 3 aromatic rings. The number of amides is 2. The van der Waals surface area contributed by atoms with Crippen LogP contribution < -0.4 is 5.32 Å². The number of halogens is 1. The summed E-state index contributed by atoms with van der Waals surface area (Å²) in [5.41, 5.74) is 3.33. The number of anilines is 1. The van der Waals surface area contributed by atoms with Crippen LogP contribution in [0.25, 0.3) is 0 Å². The van der Waals surface area contributed by atoms with Crippen LogP contribution in [-0.4, -0.2) is 23.3 Å². The third-order valence-electron chi connectivity index (χ3n) is 4.85. The van der Waals surface area contributed by atoms with Gasteiger partial charge in [-0.15, -0.1) is 0 Å². The van der Waals surface area contributed by atoms with Crippen molar-refractivity contribution in [3.63, 3.8) is 0 Å². The molecule has 1 N–H and O–H groups in total. The van der Waals surface area contributed by atoms with E-state index in [9.17, 15) is 14.0 Å². The van der Waals surface area contributed by atoms with Gasteiger partial charge in [-0.3, -0.25) is 9.59 Å². The van der Waals surface area contributed by atoms with Gasteiger partial charge in [0.1, 0.15) is 12.4 Å². The molecule has 0 aliphatic carbocycles. The van der Waals surface area contributed by atoms with Crippen molar-refractivity contribution in [1.82, 2.24) is 4.90 Å². The van der Waals surface area contributed by atoms with Gasteiger partial charge in [-0.2, -0.15) is 0 Å². The topological polar surface area (TPSA) is 49.4 Å². The fraction of sp³-hybridized carbons (Fsp3) is 0.130. The first-order valence-corrected chi connectivity index (χ1v) is 9.05. The molecule has 3 aromatic carbocycles. The number of aryl methyl sites for hydroxylation is 1. The van der Waals surface area contributed by atoms with Crippen LogP contribution in [0, 0.1) is 12.7 Å². The summed E-state index contributed by atoms with van der Waals surface area (Å²) in [6.07, 6.45) is 0. The van der Waals surface area contributed by atoms with E-state index in [-0.39, 0.29) is 18.4 Å². The summed E-state index contributed by atoms with van der Waals surface area (Å²) < 4.78 is 14.1. The standard InChI is InChI=1S/C23H19FN2O2/c1-15-6-5-9-17(12-15)23(28)26-14-21(27)25-20-11-10-18(24)13-19(20)22(26)16-7-3-2-4-8-16/h2-13,22H,14H2,1H3,(H,25,27)/t22-/m1/s1. The minimum atomic E-state index is -0.584. The van der Waals surface area contributed by atoms with Crippen LogP contribution in [0.3, 0.4) is 0 Å². The molecule has 0 saturated carbocycles. The van der Waals surface area contributed by atoms with Crippen LogP contribution in [0.15, 0.2) is 72.8 Å². The Kier molecular flexibility index (Phi) is 4.65. The third-order valence-corrected chi connectivity index (χ3v) is 4.85. The molecule has 1 aliphatic heterocycles. The molecule has 1 aliphatic rings. The molecule has 140 valence electrons. The first-order valence-electron chi connectivity index (χ1n) is 9.05. The highest BCUT2D eigenvalue weighted by Crippen LogP contribution is 2.36. The van der Waals surface area contributed by atoms with Crippen molar-refractivity contribution in [2.45, 2.75) is 13.0 Å². The number of hydrogen-bond donors (Lipinski definition) is 1. The van der Waals surface area contributed by atoms with E-state index in [0.29, 0.717) is 16.8 Å². The smallest absolute Gasteiger partial charge is 0.255 e. The van der Waals surface area contributed by atoms with E-state index in [1.807, 2.05) is 49.4 Å². The molecule has 28 heavy (non-hydrogen) atoms. The van der Waals surface area contributed by atoms with E-state index in [2.05, 4.69) is 5.32 Å². The Morgan fingerprint density at radius 1 is 1.04 bits per heavy atom. The molecule has 4 rings (SSSR count). The van der Waals surface area contributed by atoms with Gasteiger partial charge in [0.15, 0.2) is 0 Å². The number of rotatable bonds is 2. The Morgan fingerprint density at radius 2 is 1.82 bits per heavy atom. The molecule has 0 spiro atoms. The average Bonchev–Trinajstić information content (AvgIpc) is 2.83. The minimum absolute atomic E-state index is 0.122. The van der Waals surface area contributed by atoms with Gasteiger partial charge in [0.05, 0.1) is 6.04 Å². The van der Waals surface area contributed by atoms with Crippen LogP contribution >= 0.6 is 0 Å². The lowest BCUT2D eigenvalue weighted by atomic mass is 9.95.